The maximum Gasteiger partial charge on any atom is 0.387 e. The van der Waals surface area contributed by atoms with E-state index in [1.165, 1.54) is 38.7 Å². The van der Waals surface area contributed by atoms with E-state index in [1.807, 2.05) is 0 Å². The number of ether oxygens (including phenoxy) is 2. The van der Waals surface area contributed by atoms with Gasteiger partial charge < -0.3 is 14.8 Å². The molecular weight excluding hydrogens is 348 g/mol. The van der Waals surface area contributed by atoms with Gasteiger partial charge in [0.05, 0.1) is 13.3 Å². The number of benzene rings is 1. The smallest absolute Gasteiger partial charge is 0.387 e. The number of hydrogen-bond donors (Lipinski definition) is 2. The fraction of sp³-hybridized carbons (Fsp3) is 0.529. The molecule has 1 aromatic rings. The van der Waals surface area contributed by atoms with E-state index < -0.39 is 6.61 Å². The maximum atomic E-state index is 12.3. The van der Waals surface area contributed by atoms with Crippen molar-refractivity contribution in [3.63, 3.8) is 0 Å². The van der Waals surface area contributed by atoms with E-state index in [4.69, 9.17) is 17.0 Å². The second-order valence-corrected chi connectivity index (χ2v) is 6.41. The number of thiocarbonyl (C=S) groups is 1. The SMILES string of the molecule is COc1cc(/C=N\NC(=S)N[C@@H]2CCCC[C@H]2C)ccc1OC(F)F. The average molecular weight is 371 g/mol. The number of alkyl halides is 2. The Labute approximate surface area is 151 Å². The predicted octanol–water partition coefficient (Wildman–Crippen LogP) is 3.67. The first kappa shape index (κ1) is 19.4. The summed E-state index contributed by atoms with van der Waals surface area (Å²) in [5.74, 6) is 0.774. The lowest BCUT2D eigenvalue weighted by Gasteiger charge is -2.30. The number of rotatable bonds is 6. The van der Waals surface area contributed by atoms with E-state index in [0.717, 1.165) is 6.42 Å². The highest BCUT2D eigenvalue weighted by Gasteiger charge is 2.21. The molecule has 25 heavy (non-hydrogen) atoms. The van der Waals surface area contributed by atoms with Crippen molar-refractivity contribution in [2.75, 3.05) is 7.11 Å². The molecule has 1 fully saturated rings. The monoisotopic (exact) mass is 371 g/mol. The summed E-state index contributed by atoms with van der Waals surface area (Å²) in [6, 6.07) is 4.94. The maximum absolute atomic E-state index is 12.3. The van der Waals surface area contributed by atoms with Crippen LogP contribution in [-0.2, 0) is 0 Å². The summed E-state index contributed by atoms with van der Waals surface area (Å²) in [5.41, 5.74) is 3.45. The normalized spacial score (nSPS) is 20.5. The van der Waals surface area contributed by atoms with Crippen molar-refractivity contribution in [2.24, 2.45) is 11.0 Å². The molecule has 5 nitrogen and oxygen atoms in total. The van der Waals surface area contributed by atoms with Gasteiger partial charge in [-0.05, 0) is 54.7 Å². The van der Waals surface area contributed by atoms with Gasteiger partial charge in [0, 0.05) is 6.04 Å². The van der Waals surface area contributed by atoms with Crippen molar-refractivity contribution in [1.29, 1.82) is 0 Å². The summed E-state index contributed by atoms with van der Waals surface area (Å²) in [4.78, 5) is 0. The highest BCUT2D eigenvalue weighted by molar-refractivity contribution is 7.80. The van der Waals surface area contributed by atoms with Crippen LogP contribution in [0.1, 0.15) is 38.2 Å². The highest BCUT2D eigenvalue weighted by atomic mass is 32.1. The van der Waals surface area contributed by atoms with Crippen molar-refractivity contribution >= 4 is 23.5 Å². The van der Waals surface area contributed by atoms with Crippen LogP contribution in [0.4, 0.5) is 8.78 Å². The third kappa shape index (κ3) is 6.12. The molecule has 1 saturated carbocycles. The first-order valence-corrected chi connectivity index (χ1v) is 8.63. The van der Waals surface area contributed by atoms with Crippen LogP contribution in [0.15, 0.2) is 23.3 Å². The van der Waals surface area contributed by atoms with Crippen LogP contribution in [0.25, 0.3) is 0 Å². The fourth-order valence-electron chi connectivity index (χ4n) is 2.85. The van der Waals surface area contributed by atoms with Gasteiger partial charge in [-0.15, -0.1) is 0 Å². The minimum Gasteiger partial charge on any atom is -0.493 e. The van der Waals surface area contributed by atoms with Gasteiger partial charge in [-0.25, -0.2) is 0 Å². The molecule has 1 aliphatic rings. The average Bonchev–Trinajstić information content (AvgIpc) is 2.57. The first-order valence-electron chi connectivity index (χ1n) is 8.22. The molecular formula is C17H23F2N3O2S. The van der Waals surface area contributed by atoms with E-state index in [-0.39, 0.29) is 11.5 Å². The summed E-state index contributed by atoms with van der Waals surface area (Å²) in [5, 5.41) is 7.83. The van der Waals surface area contributed by atoms with Gasteiger partial charge in [-0.1, -0.05) is 19.8 Å². The summed E-state index contributed by atoms with van der Waals surface area (Å²) in [6.07, 6.45) is 6.32. The molecule has 0 aromatic heterocycles. The molecule has 0 unspecified atom stereocenters. The summed E-state index contributed by atoms with van der Waals surface area (Å²) < 4.78 is 34.1. The van der Waals surface area contributed by atoms with Crippen LogP contribution >= 0.6 is 12.2 Å². The van der Waals surface area contributed by atoms with Crippen LogP contribution in [-0.4, -0.2) is 31.1 Å². The number of hydrogen-bond acceptors (Lipinski definition) is 4. The zero-order valence-corrected chi connectivity index (χ0v) is 15.1. The molecule has 2 rings (SSSR count). The van der Waals surface area contributed by atoms with Gasteiger partial charge in [0.1, 0.15) is 0 Å². The molecule has 0 amide bonds. The second-order valence-electron chi connectivity index (χ2n) is 6.00. The highest BCUT2D eigenvalue weighted by Crippen LogP contribution is 2.29. The van der Waals surface area contributed by atoms with E-state index in [2.05, 4.69) is 27.5 Å². The molecule has 0 aliphatic heterocycles. The topological polar surface area (TPSA) is 54.9 Å². The van der Waals surface area contributed by atoms with Gasteiger partial charge in [-0.2, -0.15) is 13.9 Å². The molecule has 2 N–H and O–H groups in total. The van der Waals surface area contributed by atoms with Crippen LogP contribution < -0.4 is 20.2 Å². The Morgan fingerprint density at radius 2 is 2.08 bits per heavy atom. The third-order valence-corrected chi connectivity index (χ3v) is 4.42. The van der Waals surface area contributed by atoms with Crippen LogP contribution in [0.2, 0.25) is 0 Å². The molecule has 8 heteroatoms. The molecule has 2 atom stereocenters. The van der Waals surface area contributed by atoms with E-state index >= 15 is 0 Å². The van der Waals surface area contributed by atoms with E-state index in [9.17, 15) is 8.78 Å². The quantitative estimate of drug-likeness (QED) is 0.454. The Morgan fingerprint density at radius 1 is 1.32 bits per heavy atom. The summed E-state index contributed by atoms with van der Waals surface area (Å²) in [7, 11) is 1.39. The Bertz CT molecular complexity index is 614. The molecule has 0 spiro atoms. The number of hydrazone groups is 1. The van der Waals surface area contributed by atoms with E-state index in [1.54, 1.807) is 12.1 Å². The molecule has 0 bridgehead atoms. The first-order chi connectivity index (χ1) is 12.0. The van der Waals surface area contributed by atoms with Crippen molar-refractivity contribution < 1.29 is 18.3 Å². The molecule has 138 valence electrons. The summed E-state index contributed by atoms with van der Waals surface area (Å²) in [6.45, 7) is -0.682. The minimum atomic E-state index is -2.90. The van der Waals surface area contributed by atoms with Crippen molar-refractivity contribution in [1.82, 2.24) is 10.7 Å². The molecule has 0 heterocycles. The molecule has 0 saturated heterocycles. The zero-order valence-electron chi connectivity index (χ0n) is 14.3. The Morgan fingerprint density at radius 3 is 2.76 bits per heavy atom. The van der Waals surface area contributed by atoms with Gasteiger partial charge >= 0.3 is 6.61 Å². The zero-order chi connectivity index (χ0) is 18.2. The molecule has 1 aromatic carbocycles. The second kappa shape index (κ2) is 9.50. The number of nitrogens with zero attached hydrogens (tertiary/aromatic N) is 1. The lowest BCUT2D eigenvalue weighted by Crippen LogP contribution is -2.44. The molecule has 0 radical (unpaired) electrons. The Hall–Kier alpha value is -1.96. The lowest BCUT2D eigenvalue weighted by atomic mass is 9.86. The largest absolute Gasteiger partial charge is 0.493 e. The number of halogens is 2. The van der Waals surface area contributed by atoms with Gasteiger partial charge in [-0.3, -0.25) is 5.43 Å². The van der Waals surface area contributed by atoms with E-state index in [0.29, 0.717) is 22.6 Å². The summed E-state index contributed by atoms with van der Waals surface area (Å²) >= 11 is 5.26. The van der Waals surface area contributed by atoms with Gasteiger partial charge in [0.25, 0.3) is 0 Å². The van der Waals surface area contributed by atoms with Crippen molar-refractivity contribution in [3.05, 3.63) is 23.8 Å². The van der Waals surface area contributed by atoms with Crippen LogP contribution in [0, 0.1) is 5.92 Å². The number of methoxy groups -OCH3 is 1. The number of nitrogens with one attached hydrogen (secondary N) is 2. The minimum absolute atomic E-state index is 0.0221. The molecule has 1 aliphatic carbocycles. The van der Waals surface area contributed by atoms with Gasteiger partial charge in [0.2, 0.25) is 0 Å². The van der Waals surface area contributed by atoms with Crippen molar-refractivity contribution in [3.8, 4) is 11.5 Å². The Balaban J connectivity index is 1.89. The van der Waals surface area contributed by atoms with Gasteiger partial charge in [0.15, 0.2) is 16.6 Å². The third-order valence-electron chi connectivity index (χ3n) is 4.21. The van der Waals surface area contributed by atoms with Crippen LogP contribution in [0.3, 0.4) is 0 Å². The lowest BCUT2D eigenvalue weighted by molar-refractivity contribution is -0.0512. The fourth-order valence-corrected chi connectivity index (χ4v) is 3.06. The Kier molecular flexibility index (Phi) is 7.36. The van der Waals surface area contributed by atoms with Crippen LogP contribution in [0.5, 0.6) is 11.5 Å². The predicted molar refractivity (Wildman–Crippen MR) is 97.5 cm³/mol. The standard InChI is InChI=1S/C17H23F2N3O2S/c1-11-5-3-4-6-13(11)21-17(25)22-20-10-12-7-8-14(24-16(18)19)15(9-12)23-2/h7-11,13,16H,3-6H2,1-2H3,(H2,21,22,25)/b20-10-/t11-,13-/m1/s1. The van der Waals surface area contributed by atoms with Crippen molar-refractivity contribution in [2.45, 2.75) is 45.3 Å².